The van der Waals surface area contributed by atoms with Gasteiger partial charge in [-0.15, -0.1) is 10.2 Å². The van der Waals surface area contributed by atoms with Gasteiger partial charge in [-0.25, -0.2) is 0 Å². The normalized spacial score (nSPS) is 12.4. The molecule has 160 valence electrons. The summed E-state index contributed by atoms with van der Waals surface area (Å²) < 4.78 is 4.27. The molecule has 0 saturated heterocycles. The Bertz CT molecular complexity index is 1270. The first-order valence-electron chi connectivity index (χ1n) is 10.3. The van der Waals surface area contributed by atoms with Gasteiger partial charge in [-0.1, -0.05) is 43.7 Å². The van der Waals surface area contributed by atoms with Crippen LogP contribution in [0.4, 0.5) is 0 Å². The highest BCUT2D eigenvalue weighted by atomic mass is 32.1. The Balaban J connectivity index is 1.50. The molecule has 0 spiro atoms. The summed E-state index contributed by atoms with van der Waals surface area (Å²) in [6, 6.07) is 13.5. The van der Waals surface area contributed by atoms with Crippen molar-refractivity contribution in [1.29, 1.82) is 0 Å². The van der Waals surface area contributed by atoms with E-state index in [9.17, 15) is 4.79 Å². The highest BCUT2D eigenvalue weighted by Gasteiger charge is 2.23. The lowest BCUT2D eigenvalue weighted by Gasteiger charge is -2.21. The number of nitrogens with zero attached hydrogens (tertiary/aromatic N) is 5. The largest absolute Gasteiger partial charge is 0.346 e. The fourth-order valence-corrected chi connectivity index (χ4v) is 3.81. The number of hydrogen-bond acceptors (Lipinski definition) is 5. The summed E-state index contributed by atoms with van der Waals surface area (Å²) in [5.74, 6) is 1.52. The van der Waals surface area contributed by atoms with Gasteiger partial charge in [0, 0.05) is 24.7 Å². The van der Waals surface area contributed by atoms with Crippen molar-refractivity contribution in [2.45, 2.75) is 39.8 Å². The van der Waals surface area contributed by atoms with Gasteiger partial charge in [0.25, 0.3) is 0 Å². The molecule has 4 aromatic rings. The maximum absolute atomic E-state index is 12.9. The molecule has 31 heavy (non-hydrogen) atoms. The smallest absolute Gasteiger partial charge is 0.222 e. The quantitative estimate of drug-likeness (QED) is 0.430. The van der Waals surface area contributed by atoms with Crippen LogP contribution in [0.5, 0.6) is 0 Å². The van der Waals surface area contributed by atoms with Crippen molar-refractivity contribution in [3.63, 3.8) is 0 Å². The van der Waals surface area contributed by atoms with Crippen LogP contribution in [0.3, 0.4) is 0 Å². The number of amides is 1. The summed E-state index contributed by atoms with van der Waals surface area (Å²) in [7, 11) is 0. The zero-order chi connectivity index (χ0) is 22.0. The van der Waals surface area contributed by atoms with Crippen LogP contribution in [0.1, 0.15) is 37.7 Å². The van der Waals surface area contributed by atoms with Crippen molar-refractivity contribution in [1.82, 2.24) is 34.7 Å². The maximum Gasteiger partial charge on any atom is 0.222 e. The molecule has 0 bridgehead atoms. The van der Waals surface area contributed by atoms with Gasteiger partial charge in [-0.2, -0.15) is 5.10 Å². The highest BCUT2D eigenvalue weighted by molar-refractivity contribution is 7.71. The summed E-state index contributed by atoms with van der Waals surface area (Å²) in [4.78, 5) is 12.9. The standard InChI is InChI=1S/C22H25N7OS/c1-14(2)19(21-26-24-17-9-4-5-11-28(17)21)23-18(30)10-12-29-20(25-27-22(29)31)16-8-6-7-15(3)13-16/h4-9,11,13-14,19H,10,12H2,1-3H3,(H,23,30)(H,27,31). The molecular weight excluding hydrogens is 410 g/mol. The third kappa shape index (κ3) is 4.41. The minimum absolute atomic E-state index is 0.0790. The first kappa shape index (κ1) is 20.9. The molecule has 1 atom stereocenters. The van der Waals surface area contributed by atoms with Gasteiger partial charge in [0.2, 0.25) is 5.91 Å². The number of benzene rings is 1. The van der Waals surface area contributed by atoms with E-state index in [-0.39, 0.29) is 24.3 Å². The summed E-state index contributed by atoms with van der Waals surface area (Å²) in [6.07, 6.45) is 2.18. The van der Waals surface area contributed by atoms with Crippen LogP contribution >= 0.6 is 12.2 Å². The molecule has 8 nitrogen and oxygen atoms in total. The van der Waals surface area contributed by atoms with Crippen LogP contribution in [0, 0.1) is 17.6 Å². The van der Waals surface area contributed by atoms with Crippen molar-refractivity contribution in [2.75, 3.05) is 0 Å². The van der Waals surface area contributed by atoms with Crippen molar-refractivity contribution in [3.05, 3.63) is 64.8 Å². The number of rotatable bonds is 7. The van der Waals surface area contributed by atoms with Crippen molar-refractivity contribution < 1.29 is 4.79 Å². The Hall–Kier alpha value is -3.33. The first-order chi connectivity index (χ1) is 14.9. The molecule has 3 aromatic heterocycles. The van der Waals surface area contributed by atoms with Crippen LogP contribution < -0.4 is 5.32 Å². The highest BCUT2D eigenvalue weighted by Crippen LogP contribution is 2.22. The number of fused-ring (bicyclic) bond motifs is 1. The molecular formula is C22H25N7OS. The minimum atomic E-state index is -0.251. The zero-order valence-electron chi connectivity index (χ0n) is 17.7. The monoisotopic (exact) mass is 435 g/mol. The van der Waals surface area contributed by atoms with E-state index in [1.165, 1.54) is 0 Å². The maximum atomic E-state index is 12.9. The van der Waals surface area contributed by atoms with E-state index < -0.39 is 0 Å². The fraction of sp³-hybridized carbons (Fsp3) is 0.318. The van der Waals surface area contributed by atoms with E-state index in [2.05, 4.69) is 39.6 Å². The first-order valence-corrected chi connectivity index (χ1v) is 10.7. The molecule has 0 fully saturated rings. The lowest BCUT2D eigenvalue weighted by molar-refractivity contribution is -0.122. The van der Waals surface area contributed by atoms with Crippen LogP contribution in [0.15, 0.2) is 48.7 Å². The number of pyridine rings is 1. The lowest BCUT2D eigenvalue weighted by Crippen LogP contribution is -2.33. The SMILES string of the molecule is Cc1cccc(-c2n[nH]c(=S)n2CCC(=O)NC(c2nnc3ccccn23)C(C)C)c1. The van der Waals surface area contributed by atoms with Gasteiger partial charge in [-0.3, -0.25) is 18.9 Å². The van der Waals surface area contributed by atoms with Crippen molar-refractivity contribution in [3.8, 4) is 11.4 Å². The summed E-state index contributed by atoms with van der Waals surface area (Å²) >= 11 is 5.40. The topological polar surface area (TPSA) is 92.9 Å². The second-order valence-electron chi connectivity index (χ2n) is 7.90. The molecule has 0 aliphatic carbocycles. The van der Waals surface area contributed by atoms with Gasteiger partial charge in [0.1, 0.15) is 0 Å². The lowest BCUT2D eigenvalue weighted by atomic mass is 10.0. The Morgan fingerprint density at radius 1 is 1.19 bits per heavy atom. The molecule has 2 N–H and O–H groups in total. The number of aromatic nitrogens is 6. The van der Waals surface area contributed by atoms with E-state index in [4.69, 9.17) is 12.2 Å². The molecule has 3 heterocycles. The molecule has 1 amide bonds. The van der Waals surface area contributed by atoms with Crippen LogP contribution in [0.25, 0.3) is 17.0 Å². The molecule has 1 unspecified atom stereocenters. The average Bonchev–Trinajstić information content (AvgIpc) is 3.34. The van der Waals surface area contributed by atoms with Gasteiger partial charge in [0.05, 0.1) is 6.04 Å². The predicted octanol–water partition coefficient (Wildman–Crippen LogP) is 3.86. The van der Waals surface area contributed by atoms with Crippen LogP contribution in [-0.2, 0) is 11.3 Å². The number of carbonyl (C=O) groups is 1. The molecule has 4 rings (SSSR count). The molecule has 1 aromatic carbocycles. The number of aromatic amines is 1. The Kier molecular flexibility index (Phi) is 5.94. The minimum Gasteiger partial charge on any atom is -0.346 e. The van der Waals surface area contributed by atoms with Crippen molar-refractivity contribution in [2.24, 2.45) is 5.92 Å². The fourth-order valence-electron chi connectivity index (χ4n) is 3.59. The van der Waals surface area contributed by atoms with E-state index >= 15 is 0 Å². The summed E-state index contributed by atoms with van der Waals surface area (Å²) in [6.45, 7) is 6.56. The number of aryl methyl sites for hydroxylation is 1. The molecule has 9 heteroatoms. The van der Waals surface area contributed by atoms with E-state index in [0.717, 1.165) is 28.4 Å². The van der Waals surface area contributed by atoms with Crippen LogP contribution in [-0.4, -0.2) is 35.3 Å². The van der Waals surface area contributed by atoms with Gasteiger partial charge in [0.15, 0.2) is 22.1 Å². The number of hydrogen-bond donors (Lipinski definition) is 2. The Morgan fingerprint density at radius 2 is 2.03 bits per heavy atom. The Labute approximate surface area is 185 Å². The number of H-pyrrole nitrogens is 1. The van der Waals surface area contributed by atoms with Crippen molar-refractivity contribution >= 4 is 23.8 Å². The van der Waals surface area contributed by atoms with Gasteiger partial charge < -0.3 is 5.32 Å². The third-order valence-corrected chi connectivity index (χ3v) is 5.51. The second kappa shape index (κ2) is 8.81. The van der Waals surface area contributed by atoms with E-state index in [0.29, 0.717) is 11.3 Å². The number of carbonyl (C=O) groups excluding carboxylic acids is 1. The zero-order valence-corrected chi connectivity index (χ0v) is 18.6. The van der Waals surface area contributed by atoms with Crippen LogP contribution in [0.2, 0.25) is 0 Å². The summed E-state index contributed by atoms with van der Waals surface area (Å²) in [5, 5.41) is 18.9. The molecule has 0 radical (unpaired) electrons. The molecule has 0 aliphatic heterocycles. The molecule has 0 aliphatic rings. The summed E-state index contributed by atoms with van der Waals surface area (Å²) in [5.41, 5.74) is 2.85. The van der Waals surface area contributed by atoms with E-state index in [1.807, 2.05) is 64.6 Å². The third-order valence-electron chi connectivity index (χ3n) is 5.20. The second-order valence-corrected chi connectivity index (χ2v) is 8.29. The average molecular weight is 436 g/mol. The predicted molar refractivity (Wildman–Crippen MR) is 121 cm³/mol. The van der Waals surface area contributed by atoms with E-state index in [1.54, 1.807) is 0 Å². The molecule has 0 saturated carbocycles. The Morgan fingerprint density at radius 3 is 2.81 bits per heavy atom. The van der Waals surface area contributed by atoms with Gasteiger partial charge >= 0.3 is 0 Å². The van der Waals surface area contributed by atoms with Gasteiger partial charge in [-0.05, 0) is 43.3 Å². The number of nitrogens with one attached hydrogen (secondary N) is 2.